The molecule has 1 aromatic carbocycles. The SMILES string of the molecule is CCOC(C)(C)C(=O)Cc1cccc(F)c1Br. The van der Waals surface area contributed by atoms with Gasteiger partial charge in [-0.25, -0.2) is 4.39 Å². The van der Waals surface area contributed by atoms with Crippen molar-refractivity contribution in [2.75, 3.05) is 6.61 Å². The van der Waals surface area contributed by atoms with E-state index in [4.69, 9.17) is 4.74 Å². The second kappa shape index (κ2) is 5.74. The van der Waals surface area contributed by atoms with Crippen LogP contribution in [0, 0.1) is 5.82 Å². The highest BCUT2D eigenvalue weighted by Crippen LogP contribution is 2.23. The molecule has 0 unspecified atom stereocenters. The van der Waals surface area contributed by atoms with Gasteiger partial charge in [0.1, 0.15) is 11.4 Å². The van der Waals surface area contributed by atoms with Crippen molar-refractivity contribution in [2.24, 2.45) is 0 Å². The molecule has 0 heterocycles. The van der Waals surface area contributed by atoms with Crippen molar-refractivity contribution in [2.45, 2.75) is 32.8 Å². The fourth-order valence-corrected chi connectivity index (χ4v) is 1.92. The van der Waals surface area contributed by atoms with Gasteiger partial charge in [0.15, 0.2) is 5.78 Å². The number of hydrogen-bond donors (Lipinski definition) is 0. The lowest BCUT2D eigenvalue weighted by molar-refractivity contribution is -0.139. The van der Waals surface area contributed by atoms with Gasteiger partial charge in [-0.1, -0.05) is 12.1 Å². The van der Waals surface area contributed by atoms with Crippen LogP contribution in [-0.2, 0) is 16.0 Å². The number of hydrogen-bond acceptors (Lipinski definition) is 2. The highest BCUT2D eigenvalue weighted by molar-refractivity contribution is 9.10. The van der Waals surface area contributed by atoms with Crippen molar-refractivity contribution in [1.29, 1.82) is 0 Å². The first kappa shape index (κ1) is 14.3. The molecular formula is C13H16BrFO2. The molecule has 2 nitrogen and oxygen atoms in total. The van der Waals surface area contributed by atoms with Crippen molar-refractivity contribution in [3.8, 4) is 0 Å². The van der Waals surface area contributed by atoms with Gasteiger partial charge in [-0.3, -0.25) is 4.79 Å². The second-order valence-electron chi connectivity index (χ2n) is 4.26. The van der Waals surface area contributed by atoms with Crippen molar-refractivity contribution >= 4 is 21.7 Å². The molecule has 0 atom stereocenters. The van der Waals surface area contributed by atoms with Crippen LogP contribution in [0.25, 0.3) is 0 Å². The van der Waals surface area contributed by atoms with Crippen LogP contribution in [0.2, 0.25) is 0 Å². The molecule has 0 fully saturated rings. The van der Waals surface area contributed by atoms with E-state index in [1.54, 1.807) is 26.0 Å². The largest absolute Gasteiger partial charge is 0.368 e. The van der Waals surface area contributed by atoms with Crippen LogP contribution < -0.4 is 0 Å². The lowest BCUT2D eigenvalue weighted by Gasteiger charge is -2.23. The number of ether oxygens (including phenoxy) is 1. The van der Waals surface area contributed by atoms with E-state index in [1.165, 1.54) is 6.07 Å². The Morgan fingerprint density at radius 2 is 2.12 bits per heavy atom. The molecule has 0 bridgehead atoms. The second-order valence-corrected chi connectivity index (χ2v) is 5.05. The number of rotatable bonds is 5. The number of halogens is 2. The smallest absolute Gasteiger partial charge is 0.168 e. The molecule has 0 N–H and O–H groups in total. The molecule has 0 radical (unpaired) electrons. The van der Waals surface area contributed by atoms with Gasteiger partial charge in [0.25, 0.3) is 0 Å². The third kappa shape index (κ3) is 3.61. The lowest BCUT2D eigenvalue weighted by atomic mass is 9.97. The number of Topliss-reactive ketones (excluding diaryl/α,β-unsaturated/α-hetero) is 1. The maximum absolute atomic E-state index is 13.3. The number of benzene rings is 1. The van der Waals surface area contributed by atoms with Gasteiger partial charge in [-0.2, -0.15) is 0 Å². The van der Waals surface area contributed by atoms with Gasteiger partial charge < -0.3 is 4.74 Å². The van der Waals surface area contributed by atoms with Crippen molar-refractivity contribution in [1.82, 2.24) is 0 Å². The van der Waals surface area contributed by atoms with E-state index >= 15 is 0 Å². The Morgan fingerprint density at radius 3 is 2.71 bits per heavy atom. The van der Waals surface area contributed by atoms with E-state index in [-0.39, 0.29) is 18.0 Å². The van der Waals surface area contributed by atoms with E-state index < -0.39 is 5.60 Å². The standard InChI is InChI=1S/C13H16BrFO2/c1-4-17-13(2,3)11(16)8-9-6-5-7-10(15)12(9)14/h5-7H,4,8H2,1-3H3. The summed E-state index contributed by atoms with van der Waals surface area (Å²) in [6.45, 7) is 5.77. The molecular weight excluding hydrogens is 287 g/mol. The molecule has 4 heteroatoms. The minimum absolute atomic E-state index is 0.0642. The zero-order valence-corrected chi connectivity index (χ0v) is 11.8. The third-order valence-corrected chi connectivity index (χ3v) is 3.45. The summed E-state index contributed by atoms with van der Waals surface area (Å²) < 4.78 is 19.0. The fourth-order valence-electron chi connectivity index (χ4n) is 1.51. The Labute approximate surface area is 109 Å². The molecule has 0 aliphatic carbocycles. The van der Waals surface area contributed by atoms with E-state index in [0.717, 1.165) is 0 Å². The Kier molecular flexibility index (Phi) is 4.83. The van der Waals surface area contributed by atoms with E-state index in [9.17, 15) is 9.18 Å². The van der Waals surface area contributed by atoms with E-state index in [1.807, 2.05) is 6.92 Å². The van der Waals surface area contributed by atoms with E-state index in [2.05, 4.69) is 15.9 Å². The van der Waals surface area contributed by atoms with Crippen molar-refractivity contribution in [3.05, 3.63) is 34.1 Å². The molecule has 0 amide bonds. The molecule has 17 heavy (non-hydrogen) atoms. The predicted octanol–water partition coefficient (Wildman–Crippen LogP) is 3.51. The molecule has 0 saturated carbocycles. The van der Waals surface area contributed by atoms with Gasteiger partial charge in [0.2, 0.25) is 0 Å². The Hall–Kier alpha value is -0.740. The molecule has 0 saturated heterocycles. The lowest BCUT2D eigenvalue weighted by Crippen LogP contribution is -2.36. The Balaban J connectivity index is 2.85. The first-order chi connectivity index (χ1) is 7.88. The molecule has 0 aliphatic heterocycles. The summed E-state index contributed by atoms with van der Waals surface area (Å²) in [4.78, 5) is 12.0. The van der Waals surface area contributed by atoms with Gasteiger partial charge in [0, 0.05) is 13.0 Å². The molecule has 94 valence electrons. The van der Waals surface area contributed by atoms with Crippen LogP contribution >= 0.6 is 15.9 Å². The van der Waals surface area contributed by atoms with Gasteiger partial charge >= 0.3 is 0 Å². The van der Waals surface area contributed by atoms with Gasteiger partial charge in [-0.05, 0) is 48.3 Å². The molecule has 0 aromatic heterocycles. The number of carbonyl (C=O) groups excluding carboxylic acids is 1. The summed E-state index contributed by atoms with van der Waals surface area (Å²) in [5.74, 6) is -0.421. The Bertz CT molecular complexity index is 416. The van der Waals surface area contributed by atoms with Crippen LogP contribution in [0.4, 0.5) is 4.39 Å². The van der Waals surface area contributed by atoms with E-state index in [0.29, 0.717) is 16.6 Å². The van der Waals surface area contributed by atoms with Gasteiger partial charge in [0.05, 0.1) is 4.47 Å². The first-order valence-electron chi connectivity index (χ1n) is 5.48. The maximum atomic E-state index is 13.3. The third-order valence-electron chi connectivity index (χ3n) is 2.56. The van der Waals surface area contributed by atoms with Crippen LogP contribution in [0.5, 0.6) is 0 Å². The fraction of sp³-hybridized carbons (Fsp3) is 0.462. The quantitative estimate of drug-likeness (QED) is 0.832. The maximum Gasteiger partial charge on any atom is 0.168 e. The summed E-state index contributed by atoms with van der Waals surface area (Å²) >= 11 is 3.15. The summed E-state index contributed by atoms with van der Waals surface area (Å²) in [6.07, 6.45) is 0.158. The summed E-state index contributed by atoms with van der Waals surface area (Å²) in [7, 11) is 0. The summed E-state index contributed by atoms with van der Waals surface area (Å²) in [5.41, 5.74) is -0.191. The monoisotopic (exact) mass is 302 g/mol. The minimum Gasteiger partial charge on any atom is -0.368 e. The van der Waals surface area contributed by atoms with Crippen LogP contribution in [-0.4, -0.2) is 18.0 Å². The van der Waals surface area contributed by atoms with Crippen LogP contribution in [0.15, 0.2) is 22.7 Å². The summed E-state index contributed by atoms with van der Waals surface area (Å²) in [6, 6.07) is 4.68. The van der Waals surface area contributed by atoms with Gasteiger partial charge in [-0.15, -0.1) is 0 Å². The van der Waals surface area contributed by atoms with Crippen molar-refractivity contribution < 1.29 is 13.9 Å². The average molecular weight is 303 g/mol. The summed E-state index contributed by atoms with van der Waals surface area (Å²) in [5, 5.41) is 0. The highest BCUT2D eigenvalue weighted by Gasteiger charge is 2.28. The molecule has 0 spiro atoms. The molecule has 0 aliphatic rings. The topological polar surface area (TPSA) is 26.3 Å². The number of ketones is 1. The average Bonchev–Trinajstić information content (AvgIpc) is 2.24. The van der Waals surface area contributed by atoms with Crippen LogP contribution in [0.3, 0.4) is 0 Å². The predicted molar refractivity (Wildman–Crippen MR) is 68.5 cm³/mol. The normalized spacial score (nSPS) is 11.6. The molecule has 1 aromatic rings. The molecule has 1 rings (SSSR count). The Morgan fingerprint density at radius 1 is 1.47 bits per heavy atom. The zero-order chi connectivity index (χ0) is 13.1. The minimum atomic E-state index is -0.833. The number of carbonyl (C=O) groups is 1. The van der Waals surface area contributed by atoms with Crippen LogP contribution in [0.1, 0.15) is 26.3 Å². The first-order valence-corrected chi connectivity index (χ1v) is 6.28. The van der Waals surface area contributed by atoms with Crippen molar-refractivity contribution in [3.63, 3.8) is 0 Å². The highest BCUT2D eigenvalue weighted by atomic mass is 79.9. The zero-order valence-electron chi connectivity index (χ0n) is 10.2.